The minimum Gasteiger partial charge on any atom is -0.487 e. The van der Waals surface area contributed by atoms with Crippen LogP contribution in [0.2, 0.25) is 0 Å². The first-order chi connectivity index (χ1) is 6.62. The summed E-state index contributed by atoms with van der Waals surface area (Å²) in [5.74, 6) is 0.930. The van der Waals surface area contributed by atoms with Gasteiger partial charge in [0.1, 0.15) is 11.4 Å². The lowest BCUT2D eigenvalue weighted by Gasteiger charge is -2.18. The van der Waals surface area contributed by atoms with Crippen molar-refractivity contribution in [1.29, 1.82) is 0 Å². The molecule has 0 saturated heterocycles. The van der Waals surface area contributed by atoms with E-state index in [0.717, 1.165) is 17.7 Å². The predicted molar refractivity (Wildman–Crippen MR) is 53.5 cm³/mol. The molecule has 3 nitrogen and oxygen atoms in total. The average Bonchev–Trinajstić information content (AvgIpc) is 2.41. The Balaban J connectivity index is 2.36. The Kier molecular flexibility index (Phi) is 2.21. The molecule has 14 heavy (non-hydrogen) atoms. The molecule has 0 fully saturated rings. The second-order valence-corrected chi connectivity index (χ2v) is 4.28. The number of fused-ring (bicyclic) bond motifs is 1. The molecule has 1 heterocycles. The molecule has 1 aliphatic heterocycles. The maximum Gasteiger partial charge on any atom is 0.128 e. The van der Waals surface area contributed by atoms with Gasteiger partial charge in [-0.2, -0.15) is 0 Å². The summed E-state index contributed by atoms with van der Waals surface area (Å²) in [5.41, 5.74) is 4.28. The number of rotatable bonds is 2. The molecular weight excluding hydrogens is 178 g/mol. The van der Waals surface area contributed by atoms with Crippen molar-refractivity contribution < 1.29 is 9.94 Å². The summed E-state index contributed by atoms with van der Waals surface area (Å²) in [5, 5.41) is 8.68. The van der Waals surface area contributed by atoms with Gasteiger partial charge >= 0.3 is 0 Å². The number of hydrogen-bond acceptors (Lipinski definition) is 3. The Morgan fingerprint density at radius 2 is 2.29 bits per heavy atom. The van der Waals surface area contributed by atoms with Crippen molar-refractivity contribution in [2.24, 2.45) is 0 Å². The molecule has 1 aliphatic rings. The molecule has 0 saturated carbocycles. The first-order valence-corrected chi connectivity index (χ1v) is 4.79. The normalized spacial score (nSPS) is 17.6. The molecule has 2 N–H and O–H groups in total. The van der Waals surface area contributed by atoms with Crippen molar-refractivity contribution >= 4 is 0 Å². The van der Waals surface area contributed by atoms with Gasteiger partial charge in [0.2, 0.25) is 0 Å². The molecule has 0 aliphatic carbocycles. The first-order valence-electron chi connectivity index (χ1n) is 4.79. The molecule has 0 unspecified atom stereocenters. The van der Waals surface area contributed by atoms with Crippen LogP contribution in [-0.4, -0.2) is 10.8 Å². The van der Waals surface area contributed by atoms with Crippen LogP contribution in [0.5, 0.6) is 5.75 Å². The quantitative estimate of drug-likeness (QED) is 0.705. The van der Waals surface area contributed by atoms with Crippen LogP contribution in [0.25, 0.3) is 0 Å². The van der Waals surface area contributed by atoms with Crippen molar-refractivity contribution in [2.75, 3.05) is 0 Å². The molecule has 0 radical (unpaired) electrons. The van der Waals surface area contributed by atoms with Crippen LogP contribution in [0.3, 0.4) is 0 Å². The first kappa shape index (κ1) is 9.49. The molecule has 0 spiro atoms. The van der Waals surface area contributed by atoms with Crippen LogP contribution in [0, 0.1) is 0 Å². The van der Waals surface area contributed by atoms with Crippen molar-refractivity contribution in [2.45, 2.75) is 32.4 Å². The zero-order chi connectivity index (χ0) is 10.2. The van der Waals surface area contributed by atoms with Crippen molar-refractivity contribution in [1.82, 2.24) is 5.48 Å². The SMILES string of the molecule is CC1(C)Cc2cccc(CNO)c2O1. The fraction of sp³-hybridized carbons (Fsp3) is 0.455. The average molecular weight is 193 g/mol. The van der Waals surface area contributed by atoms with Crippen LogP contribution >= 0.6 is 0 Å². The number of benzene rings is 1. The van der Waals surface area contributed by atoms with Gasteiger partial charge in [-0.3, -0.25) is 0 Å². The lowest BCUT2D eigenvalue weighted by molar-refractivity contribution is 0.131. The highest BCUT2D eigenvalue weighted by molar-refractivity contribution is 5.45. The van der Waals surface area contributed by atoms with Crippen LogP contribution in [0.4, 0.5) is 0 Å². The molecule has 0 atom stereocenters. The van der Waals surface area contributed by atoms with E-state index >= 15 is 0 Å². The summed E-state index contributed by atoms with van der Waals surface area (Å²) < 4.78 is 5.83. The number of hydroxylamine groups is 1. The van der Waals surface area contributed by atoms with Gasteiger partial charge in [-0.05, 0) is 19.4 Å². The Hall–Kier alpha value is -1.06. The van der Waals surface area contributed by atoms with Gasteiger partial charge in [0.05, 0.1) is 0 Å². The standard InChI is InChI=1S/C11H15NO2/c1-11(2)6-8-4-3-5-9(7-12-13)10(8)14-11/h3-5,12-13H,6-7H2,1-2H3. The summed E-state index contributed by atoms with van der Waals surface area (Å²) >= 11 is 0. The molecule has 2 rings (SSSR count). The zero-order valence-electron chi connectivity index (χ0n) is 8.50. The van der Waals surface area contributed by atoms with E-state index in [1.54, 1.807) is 0 Å². The highest BCUT2D eigenvalue weighted by Crippen LogP contribution is 2.37. The van der Waals surface area contributed by atoms with E-state index in [1.807, 2.05) is 12.1 Å². The maximum atomic E-state index is 8.68. The van der Waals surface area contributed by atoms with Crippen molar-refractivity contribution in [3.63, 3.8) is 0 Å². The highest BCUT2D eigenvalue weighted by atomic mass is 16.5. The fourth-order valence-corrected chi connectivity index (χ4v) is 1.90. The van der Waals surface area contributed by atoms with Gasteiger partial charge in [-0.1, -0.05) is 18.2 Å². The van der Waals surface area contributed by atoms with Gasteiger partial charge in [-0.25, -0.2) is 5.48 Å². The number of ether oxygens (including phenoxy) is 1. The summed E-state index contributed by atoms with van der Waals surface area (Å²) in [6, 6.07) is 6.03. The van der Waals surface area contributed by atoms with Crippen LogP contribution < -0.4 is 10.2 Å². The number of hydrogen-bond donors (Lipinski definition) is 2. The maximum absolute atomic E-state index is 8.68. The van der Waals surface area contributed by atoms with Gasteiger partial charge in [0.15, 0.2) is 0 Å². The molecule has 0 bridgehead atoms. The third-order valence-electron chi connectivity index (χ3n) is 2.44. The summed E-state index contributed by atoms with van der Waals surface area (Å²) in [7, 11) is 0. The van der Waals surface area contributed by atoms with Crippen LogP contribution in [-0.2, 0) is 13.0 Å². The van der Waals surface area contributed by atoms with E-state index in [0.29, 0.717) is 6.54 Å². The van der Waals surface area contributed by atoms with E-state index in [1.165, 1.54) is 5.56 Å². The fourth-order valence-electron chi connectivity index (χ4n) is 1.90. The lowest BCUT2D eigenvalue weighted by atomic mass is 10.0. The summed E-state index contributed by atoms with van der Waals surface area (Å²) in [6.45, 7) is 4.57. The Bertz CT molecular complexity index is 347. The molecule has 1 aromatic rings. The molecule has 0 amide bonds. The Morgan fingerprint density at radius 1 is 1.50 bits per heavy atom. The number of para-hydroxylation sites is 1. The molecule has 0 aromatic heterocycles. The third kappa shape index (κ3) is 1.61. The minimum atomic E-state index is -0.117. The molecule has 76 valence electrons. The van der Waals surface area contributed by atoms with Crippen LogP contribution in [0.1, 0.15) is 25.0 Å². The molecule has 3 heteroatoms. The summed E-state index contributed by atoms with van der Waals surface area (Å²) in [6.07, 6.45) is 0.932. The van der Waals surface area contributed by atoms with E-state index in [9.17, 15) is 0 Å². The van der Waals surface area contributed by atoms with E-state index < -0.39 is 0 Å². The third-order valence-corrected chi connectivity index (χ3v) is 2.44. The van der Waals surface area contributed by atoms with Crippen molar-refractivity contribution in [3.8, 4) is 5.75 Å². The minimum absolute atomic E-state index is 0.117. The predicted octanol–water partition coefficient (Wildman–Crippen LogP) is 1.88. The topological polar surface area (TPSA) is 41.5 Å². The van der Waals surface area contributed by atoms with Crippen molar-refractivity contribution in [3.05, 3.63) is 29.3 Å². The van der Waals surface area contributed by atoms with Gasteiger partial charge in [-0.15, -0.1) is 0 Å². The molecular formula is C11H15NO2. The zero-order valence-corrected chi connectivity index (χ0v) is 8.50. The molecule has 1 aromatic carbocycles. The van der Waals surface area contributed by atoms with Gasteiger partial charge in [0.25, 0.3) is 0 Å². The lowest BCUT2D eigenvalue weighted by Crippen LogP contribution is -2.25. The second-order valence-electron chi connectivity index (χ2n) is 4.28. The Labute approximate surface area is 83.7 Å². The van der Waals surface area contributed by atoms with E-state index in [-0.39, 0.29) is 5.60 Å². The largest absolute Gasteiger partial charge is 0.487 e. The van der Waals surface area contributed by atoms with Gasteiger partial charge in [0, 0.05) is 18.5 Å². The van der Waals surface area contributed by atoms with E-state index in [4.69, 9.17) is 9.94 Å². The van der Waals surface area contributed by atoms with Crippen LogP contribution in [0.15, 0.2) is 18.2 Å². The monoisotopic (exact) mass is 193 g/mol. The second kappa shape index (κ2) is 3.26. The van der Waals surface area contributed by atoms with E-state index in [2.05, 4.69) is 25.4 Å². The smallest absolute Gasteiger partial charge is 0.128 e. The Morgan fingerprint density at radius 3 is 3.00 bits per heavy atom. The van der Waals surface area contributed by atoms with Gasteiger partial charge < -0.3 is 9.94 Å². The highest BCUT2D eigenvalue weighted by Gasteiger charge is 2.31. The summed E-state index contributed by atoms with van der Waals surface area (Å²) in [4.78, 5) is 0. The number of nitrogens with one attached hydrogen (secondary N) is 1.